The molecule has 0 unspecified atom stereocenters. The van der Waals surface area contributed by atoms with E-state index < -0.39 is 0 Å². The second kappa shape index (κ2) is 4.37. The fourth-order valence-electron chi connectivity index (χ4n) is 2.27. The summed E-state index contributed by atoms with van der Waals surface area (Å²) in [6, 6.07) is 7.38. The number of aromatic nitrogens is 3. The van der Waals surface area contributed by atoms with Crippen LogP contribution in [-0.4, -0.2) is 14.5 Å². The fraction of sp³-hybridized carbons (Fsp3) is 0.143. The number of hydrogen-bond acceptors (Lipinski definition) is 3. The predicted molar refractivity (Wildman–Crippen MR) is 74.7 cm³/mol. The van der Waals surface area contributed by atoms with Gasteiger partial charge in [0.25, 0.3) is 0 Å². The number of aryl methyl sites for hydroxylation is 1. The van der Waals surface area contributed by atoms with Gasteiger partial charge in [-0.25, -0.2) is 4.98 Å². The second-order valence-electron chi connectivity index (χ2n) is 4.41. The summed E-state index contributed by atoms with van der Waals surface area (Å²) in [7, 11) is 1.90. The Labute approximate surface area is 109 Å². The molecule has 19 heavy (non-hydrogen) atoms. The summed E-state index contributed by atoms with van der Waals surface area (Å²) < 4.78 is 1.92. The average molecular weight is 254 g/mol. The smallest absolute Gasteiger partial charge is 0.192 e. The van der Waals surface area contributed by atoms with E-state index in [1.807, 2.05) is 29.8 Å². The lowest BCUT2D eigenvalue weighted by atomic mass is 10.2. The van der Waals surface area contributed by atoms with Gasteiger partial charge in [-0.3, -0.25) is 4.79 Å². The molecule has 5 nitrogen and oxygen atoms in total. The number of aromatic amines is 1. The van der Waals surface area contributed by atoms with E-state index in [4.69, 9.17) is 5.73 Å². The minimum Gasteiger partial charge on any atom is -0.367 e. The van der Waals surface area contributed by atoms with E-state index >= 15 is 0 Å². The van der Waals surface area contributed by atoms with Crippen molar-refractivity contribution in [3.63, 3.8) is 0 Å². The number of imidazole rings is 1. The molecule has 3 rings (SSSR count). The topological polar surface area (TPSA) is 76.7 Å². The van der Waals surface area contributed by atoms with Crippen LogP contribution in [0.2, 0.25) is 0 Å². The molecule has 1 aromatic carbocycles. The Morgan fingerprint density at radius 1 is 1.37 bits per heavy atom. The Bertz CT molecular complexity index is 801. The van der Waals surface area contributed by atoms with Crippen molar-refractivity contribution < 1.29 is 0 Å². The molecule has 0 aliphatic heterocycles. The third-order valence-electron chi connectivity index (χ3n) is 3.28. The van der Waals surface area contributed by atoms with Crippen molar-refractivity contribution in [2.75, 3.05) is 0 Å². The molecule has 2 aromatic heterocycles. The van der Waals surface area contributed by atoms with Gasteiger partial charge in [0.2, 0.25) is 0 Å². The zero-order valence-corrected chi connectivity index (χ0v) is 10.6. The largest absolute Gasteiger partial charge is 0.367 e. The molecule has 0 aliphatic rings. The maximum Gasteiger partial charge on any atom is 0.192 e. The van der Waals surface area contributed by atoms with Crippen molar-refractivity contribution in [3.05, 3.63) is 52.4 Å². The van der Waals surface area contributed by atoms with E-state index in [9.17, 15) is 4.79 Å². The van der Waals surface area contributed by atoms with E-state index in [1.54, 1.807) is 12.4 Å². The highest BCUT2D eigenvalue weighted by Crippen LogP contribution is 2.23. The van der Waals surface area contributed by atoms with Crippen molar-refractivity contribution in [3.8, 4) is 11.4 Å². The quantitative estimate of drug-likeness (QED) is 0.725. The number of fused-ring (bicyclic) bond motifs is 1. The van der Waals surface area contributed by atoms with Crippen molar-refractivity contribution in [1.82, 2.24) is 14.5 Å². The maximum absolute atomic E-state index is 11.9. The molecule has 0 saturated heterocycles. The van der Waals surface area contributed by atoms with Gasteiger partial charge < -0.3 is 15.3 Å². The summed E-state index contributed by atoms with van der Waals surface area (Å²) in [5, 5.41) is 0. The van der Waals surface area contributed by atoms with E-state index in [1.165, 1.54) is 6.07 Å². The highest BCUT2D eigenvalue weighted by Gasteiger charge is 2.13. The van der Waals surface area contributed by atoms with Crippen LogP contribution in [0.25, 0.3) is 22.4 Å². The summed E-state index contributed by atoms with van der Waals surface area (Å²) >= 11 is 0. The Morgan fingerprint density at radius 3 is 2.95 bits per heavy atom. The standard InChI is InChI=1S/C14H14N4O/c1-18-11-4-2-3-9(7-15)13(11)17-14(18)10-8-16-6-5-12(10)19/h2-6,8H,7,15H2,1H3,(H,16,19). The van der Waals surface area contributed by atoms with Gasteiger partial charge in [0.15, 0.2) is 5.43 Å². The molecular weight excluding hydrogens is 240 g/mol. The molecule has 96 valence electrons. The lowest BCUT2D eigenvalue weighted by Gasteiger charge is -2.01. The fourth-order valence-corrected chi connectivity index (χ4v) is 2.27. The number of nitrogens with zero attached hydrogens (tertiary/aromatic N) is 2. The number of para-hydroxylation sites is 1. The molecule has 0 fully saturated rings. The molecule has 0 saturated carbocycles. The molecule has 0 radical (unpaired) electrons. The lowest BCUT2D eigenvalue weighted by Crippen LogP contribution is -2.06. The van der Waals surface area contributed by atoms with Crippen LogP contribution in [0.3, 0.4) is 0 Å². The van der Waals surface area contributed by atoms with Crippen molar-refractivity contribution in [2.45, 2.75) is 6.54 Å². The summed E-state index contributed by atoms with van der Waals surface area (Å²) in [5.41, 5.74) is 9.04. The van der Waals surface area contributed by atoms with Gasteiger partial charge in [0, 0.05) is 32.1 Å². The minimum absolute atomic E-state index is 0.0496. The van der Waals surface area contributed by atoms with Gasteiger partial charge in [0.05, 0.1) is 16.6 Å². The summed E-state index contributed by atoms with van der Waals surface area (Å²) in [4.78, 5) is 19.4. The molecule has 3 N–H and O–H groups in total. The first-order chi connectivity index (χ1) is 9.22. The van der Waals surface area contributed by atoms with Gasteiger partial charge >= 0.3 is 0 Å². The highest BCUT2D eigenvalue weighted by molar-refractivity contribution is 5.83. The van der Waals surface area contributed by atoms with Crippen LogP contribution in [0.4, 0.5) is 0 Å². The summed E-state index contributed by atoms with van der Waals surface area (Å²) in [6.45, 7) is 0.430. The molecule has 3 aromatic rings. The third kappa shape index (κ3) is 1.75. The van der Waals surface area contributed by atoms with E-state index in [2.05, 4.69) is 9.97 Å². The Morgan fingerprint density at radius 2 is 2.21 bits per heavy atom. The van der Waals surface area contributed by atoms with E-state index in [0.29, 0.717) is 17.9 Å². The van der Waals surface area contributed by atoms with Crippen LogP contribution >= 0.6 is 0 Å². The Balaban J connectivity index is 2.35. The zero-order valence-electron chi connectivity index (χ0n) is 10.6. The number of benzene rings is 1. The van der Waals surface area contributed by atoms with Crippen LogP contribution in [0.15, 0.2) is 41.5 Å². The van der Waals surface area contributed by atoms with Crippen LogP contribution in [0, 0.1) is 0 Å². The minimum atomic E-state index is -0.0496. The Kier molecular flexibility index (Phi) is 2.68. The number of rotatable bonds is 2. The van der Waals surface area contributed by atoms with Crippen molar-refractivity contribution in [1.29, 1.82) is 0 Å². The summed E-state index contributed by atoms with van der Waals surface area (Å²) in [6.07, 6.45) is 3.28. The van der Waals surface area contributed by atoms with Gasteiger partial charge in [-0.1, -0.05) is 12.1 Å². The average Bonchev–Trinajstić information content (AvgIpc) is 2.77. The van der Waals surface area contributed by atoms with Gasteiger partial charge in [0.1, 0.15) is 5.82 Å². The molecule has 0 atom stereocenters. The van der Waals surface area contributed by atoms with Crippen LogP contribution in [0.1, 0.15) is 5.56 Å². The highest BCUT2D eigenvalue weighted by atomic mass is 16.1. The van der Waals surface area contributed by atoms with E-state index in [-0.39, 0.29) is 5.43 Å². The molecule has 0 spiro atoms. The zero-order chi connectivity index (χ0) is 13.4. The van der Waals surface area contributed by atoms with E-state index in [0.717, 1.165) is 16.6 Å². The lowest BCUT2D eigenvalue weighted by molar-refractivity contribution is 0.955. The second-order valence-corrected chi connectivity index (χ2v) is 4.41. The molecule has 2 heterocycles. The maximum atomic E-state index is 11.9. The van der Waals surface area contributed by atoms with Crippen LogP contribution in [-0.2, 0) is 13.6 Å². The first-order valence-electron chi connectivity index (χ1n) is 6.04. The van der Waals surface area contributed by atoms with Gasteiger partial charge in [-0.05, 0) is 11.6 Å². The molecule has 5 heteroatoms. The number of H-pyrrole nitrogens is 1. The number of hydrogen-bond donors (Lipinski definition) is 2. The molecule has 0 bridgehead atoms. The normalized spacial score (nSPS) is 11.1. The number of pyridine rings is 1. The van der Waals surface area contributed by atoms with Gasteiger partial charge in [-0.2, -0.15) is 0 Å². The monoisotopic (exact) mass is 254 g/mol. The van der Waals surface area contributed by atoms with Crippen molar-refractivity contribution >= 4 is 11.0 Å². The predicted octanol–water partition coefficient (Wildman–Crippen LogP) is 1.39. The first-order valence-corrected chi connectivity index (χ1v) is 6.04. The molecule has 0 aliphatic carbocycles. The number of nitrogens with one attached hydrogen (secondary N) is 1. The summed E-state index contributed by atoms with van der Waals surface area (Å²) in [5.74, 6) is 0.651. The van der Waals surface area contributed by atoms with Crippen LogP contribution < -0.4 is 11.2 Å². The Hall–Kier alpha value is -2.40. The number of nitrogens with two attached hydrogens (primary N) is 1. The van der Waals surface area contributed by atoms with Gasteiger partial charge in [-0.15, -0.1) is 0 Å². The first kappa shape index (κ1) is 11.7. The third-order valence-corrected chi connectivity index (χ3v) is 3.28. The molecule has 0 amide bonds. The SMILES string of the molecule is Cn1c(-c2c[nH]ccc2=O)nc2c(CN)cccc21. The molecular formula is C14H14N4O. The van der Waals surface area contributed by atoms with Crippen LogP contribution in [0.5, 0.6) is 0 Å². The van der Waals surface area contributed by atoms with Crippen molar-refractivity contribution in [2.24, 2.45) is 12.8 Å².